The Balaban J connectivity index is 2.12. The fourth-order valence-corrected chi connectivity index (χ4v) is 4.15. The number of nitrogens with zero attached hydrogens (tertiary/aromatic N) is 1. The summed E-state index contributed by atoms with van der Waals surface area (Å²) < 4.78 is 2.44. The van der Waals surface area contributed by atoms with Gasteiger partial charge in [-0.25, -0.2) is 0 Å². The zero-order valence-electron chi connectivity index (χ0n) is 13.8. The van der Waals surface area contributed by atoms with E-state index in [9.17, 15) is 0 Å². The summed E-state index contributed by atoms with van der Waals surface area (Å²) in [4.78, 5) is 0. The summed E-state index contributed by atoms with van der Waals surface area (Å²) in [6.07, 6.45) is 4.32. The van der Waals surface area contributed by atoms with Crippen LogP contribution in [0, 0.1) is 0 Å². The van der Waals surface area contributed by atoms with Gasteiger partial charge in [0.25, 0.3) is 0 Å². The van der Waals surface area contributed by atoms with Crippen molar-refractivity contribution in [2.75, 3.05) is 0 Å². The molecule has 0 saturated carbocycles. The van der Waals surface area contributed by atoms with Gasteiger partial charge < -0.3 is 0 Å². The van der Waals surface area contributed by atoms with Gasteiger partial charge in [-0.05, 0) is 34.5 Å². The number of hydrogen-bond donors (Lipinski definition) is 0. The molecule has 0 fully saturated rings. The molecule has 0 atom stereocenters. The van der Waals surface area contributed by atoms with E-state index in [0.29, 0.717) is 0 Å². The Kier molecular flexibility index (Phi) is 3.12. The van der Waals surface area contributed by atoms with Gasteiger partial charge in [0.1, 0.15) is 0 Å². The molecule has 0 aliphatic carbocycles. The van der Waals surface area contributed by atoms with Gasteiger partial charge in [-0.3, -0.25) is 0 Å². The first-order valence-corrected chi connectivity index (χ1v) is 8.45. The van der Waals surface area contributed by atoms with Crippen LogP contribution in [-0.4, -0.2) is 0 Å². The number of pyridine rings is 1. The maximum absolute atomic E-state index is 4.54. The van der Waals surface area contributed by atoms with Crippen molar-refractivity contribution in [3.63, 3.8) is 0 Å². The van der Waals surface area contributed by atoms with Gasteiger partial charge >= 0.3 is 0 Å². The highest BCUT2D eigenvalue weighted by Crippen LogP contribution is 2.44. The van der Waals surface area contributed by atoms with E-state index in [-0.39, 0.29) is 5.54 Å². The van der Waals surface area contributed by atoms with Crippen molar-refractivity contribution >= 4 is 16.3 Å². The zero-order valence-corrected chi connectivity index (χ0v) is 13.8. The second kappa shape index (κ2) is 5.06. The van der Waals surface area contributed by atoms with E-state index < -0.39 is 0 Å². The molecule has 3 aromatic rings. The molecule has 1 aromatic heterocycles. The average molecular weight is 300 g/mol. The molecular weight excluding hydrogens is 278 g/mol. The Labute approximate surface area is 137 Å². The standard InChI is InChI=1S/C22H22N/c1-4-22(5-2)16(3)19-14-17-10-6-7-11-18(17)15-20(19)21-12-8-9-13-23(21)22/h6-15H,3-5H2,1-2H3/q+1. The minimum absolute atomic E-state index is 0.0218. The van der Waals surface area contributed by atoms with Crippen LogP contribution in [0.1, 0.15) is 32.3 Å². The second-order valence-corrected chi connectivity index (χ2v) is 6.42. The summed E-state index contributed by atoms with van der Waals surface area (Å²) >= 11 is 0. The topological polar surface area (TPSA) is 3.88 Å². The normalized spacial score (nSPS) is 15.3. The Morgan fingerprint density at radius 1 is 0.870 bits per heavy atom. The van der Waals surface area contributed by atoms with Gasteiger partial charge in [0.15, 0.2) is 11.7 Å². The quantitative estimate of drug-likeness (QED) is 0.563. The molecule has 0 saturated heterocycles. The SMILES string of the molecule is C=C1c2cc3ccccc3cc2-c2cccc[n+]2C1(CC)CC. The molecule has 1 aliphatic heterocycles. The van der Waals surface area contributed by atoms with E-state index in [1.54, 1.807) is 0 Å². The molecule has 0 unspecified atom stereocenters. The molecule has 2 heterocycles. The van der Waals surface area contributed by atoms with E-state index >= 15 is 0 Å². The van der Waals surface area contributed by atoms with E-state index in [1.165, 1.54) is 33.2 Å². The van der Waals surface area contributed by atoms with Gasteiger partial charge in [-0.2, -0.15) is 4.57 Å². The third kappa shape index (κ3) is 1.83. The molecule has 1 nitrogen and oxygen atoms in total. The summed E-state index contributed by atoms with van der Waals surface area (Å²) in [5.41, 5.74) is 5.12. The zero-order chi connectivity index (χ0) is 16.0. The number of aromatic nitrogens is 1. The monoisotopic (exact) mass is 300 g/mol. The van der Waals surface area contributed by atoms with Crippen molar-refractivity contribution in [2.45, 2.75) is 32.2 Å². The maximum atomic E-state index is 4.54. The predicted molar refractivity (Wildman–Crippen MR) is 97.2 cm³/mol. The first-order chi connectivity index (χ1) is 11.2. The largest absolute Gasteiger partial charge is 0.213 e. The van der Waals surface area contributed by atoms with Crippen LogP contribution >= 0.6 is 0 Å². The third-order valence-corrected chi connectivity index (χ3v) is 5.54. The van der Waals surface area contributed by atoms with E-state index in [2.05, 4.69) is 85.8 Å². The van der Waals surface area contributed by atoms with Crippen molar-refractivity contribution in [3.8, 4) is 11.3 Å². The number of hydrogen-bond acceptors (Lipinski definition) is 0. The van der Waals surface area contributed by atoms with Gasteiger partial charge in [0.2, 0.25) is 5.69 Å². The molecule has 114 valence electrons. The first-order valence-electron chi connectivity index (χ1n) is 8.45. The molecule has 23 heavy (non-hydrogen) atoms. The lowest BCUT2D eigenvalue weighted by atomic mass is 9.75. The van der Waals surface area contributed by atoms with Gasteiger partial charge in [0.05, 0.1) is 5.56 Å². The van der Waals surface area contributed by atoms with Crippen LogP contribution in [0.4, 0.5) is 0 Å². The summed E-state index contributed by atoms with van der Waals surface area (Å²) in [5.74, 6) is 0. The van der Waals surface area contributed by atoms with Crippen molar-refractivity contribution < 1.29 is 4.57 Å². The molecule has 4 rings (SSSR count). The van der Waals surface area contributed by atoms with Gasteiger partial charge in [0, 0.05) is 30.5 Å². The van der Waals surface area contributed by atoms with Crippen LogP contribution in [-0.2, 0) is 5.54 Å². The van der Waals surface area contributed by atoms with Crippen LogP contribution in [0.25, 0.3) is 27.6 Å². The second-order valence-electron chi connectivity index (χ2n) is 6.42. The number of allylic oxidation sites excluding steroid dienone is 1. The lowest BCUT2D eigenvalue weighted by Crippen LogP contribution is -2.59. The maximum Gasteiger partial charge on any atom is 0.213 e. The number of benzene rings is 2. The average Bonchev–Trinajstić information content (AvgIpc) is 2.62. The Morgan fingerprint density at radius 2 is 1.48 bits per heavy atom. The van der Waals surface area contributed by atoms with Gasteiger partial charge in [-0.15, -0.1) is 0 Å². The molecule has 0 spiro atoms. The molecule has 2 aromatic carbocycles. The van der Waals surface area contributed by atoms with Crippen molar-refractivity contribution in [1.29, 1.82) is 0 Å². The summed E-state index contributed by atoms with van der Waals surface area (Å²) in [6, 6.07) is 19.7. The molecular formula is C22H22N+. The van der Waals surface area contributed by atoms with E-state index in [0.717, 1.165) is 12.8 Å². The highest BCUT2D eigenvalue weighted by atomic mass is 15.1. The first kappa shape index (κ1) is 14.2. The smallest absolute Gasteiger partial charge is 0.189 e. The third-order valence-electron chi connectivity index (χ3n) is 5.54. The summed E-state index contributed by atoms with van der Waals surface area (Å²) in [6.45, 7) is 9.07. The fraction of sp³-hybridized carbons (Fsp3) is 0.227. The minimum Gasteiger partial charge on any atom is -0.189 e. The Hall–Kier alpha value is -2.41. The highest BCUT2D eigenvalue weighted by Gasteiger charge is 2.46. The molecule has 0 N–H and O–H groups in total. The molecule has 1 aliphatic rings. The van der Waals surface area contributed by atoms with Crippen LogP contribution in [0.2, 0.25) is 0 Å². The predicted octanol–water partition coefficient (Wildman–Crippen LogP) is 5.34. The van der Waals surface area contributed by atoms with E-state index in [4.69, 9.17) is 0 Å². The van der Waals surface area contributed by atoms with Crippen LogP contribution in [0.3, 0.4) is 0 Å². The van der Waals surface area contributed by atoms with Crippen LogP contribution < -0.4 is 4.57 Å². The van der Waals surface area contributed by atoms with Crippen LogP contribution in [0.5, 0.6) is 0 Å². The van der Waals surface area contributed by atoms with Crippen molar-refractivity contribution in [3.05, 3.63) is 72.9 Å². The molecule has 0 radical (unpaired) electrons. The lowest BCUT2D eigenvalue weighted by Gasteiger charge is -2.34. The minimum atomic E-state index is -0.0218. The van der Waals surface area contributed by atoms with Crippen molar-refractivity contribution in [1.82, 2.24) is 0 Å². The van der Waals surface area contributed by atoms with Crippen LogP contribution in [0.15, 0.2) is 67.4 Å². The van der Waals surface area contributed by atoms with Crippen molar-refractivity contribution in [2.24, 2.45) is 0 Å². The highest BCUT2D eigenvalue weighted by molar-refractivity contribution is 5.94. The molecule has 0 bridgehead atoms. The molecule has 1 heteroatoms. The Morgan fingerprint density at radius 3 is 2.13 bits per heavy atom. The fourth-order valence-electron chi connectivity index (χ4n) is 4.15. The van der Waals surface area contributed by atoms with E-state index in [1.807, 2.05) is 0 Å². The van der Waals surface area contributed by atoms with Gasteiger partial charge in [-0.1, -0.05) is 44.7 Å². The number of fused-ring (bicyclic) bond motifs is 4. The summed E-state index contributed by atoms with van der Waals surface area (Å²) in [7, 11) is 0. The molecule has 0 amide bonds. The lowest BCUT2D eigenvalue weighted by molar-refractivity contribution is -0.741. The summed E-state index contributed by atoms with van der Waals surface area (Å²) in [5, 5.41) is 2.58. The number of rotatable bonds is 2. The Bertz CT molecular complexity index is 916.